The summed E-state index contributed by atoms with van der Waals surface area (Å²) in [5.74, 6) is -0.756. The van der Waals surface area contributed by atoms with E-state index in [1.165, 1.54) is 20.1 Å². The summed E-state index contributed by atoms with van der Waals surface area (Å²) in [5.41, 5.74) is 3.16. The van der Waals surface area contributed by atoms with Crippen molar-refractivity contribution in [2.24, 2.45) is 0 Å². The summed E-state index contributed by atoms with van der Waals surface area (Å²) in [4.78, 5) is 24.8. The van der Waals surface area contributed by atoms with Crippen molar-refractivity contribution in [3.05, 3.63) is 52.9 Å². The van der Waals surface area contributed by atoms with Crippen LogP contribution in [0, 0.1) is 25.2 Å². The molecule has 0 aliphatic rings. The highest BCUT2D eigenvalue weighted by molar-refractivity contribution is 6.01. The van der Waals surface area contributed by atoms with Gasteiger partial charge in [0.1, 0.15) is 17.4 Å². The van der Waals surface area contributed by atoms with Gasteiger partial charge >= 0.3 is 5.97 Å². The van der Waals surface area contributed by atoms with Crippen molar-refractivity contribution < 1.29 is 19.1 Å². The first-order chi connectivity index (χ1) is 14.3. The van der Waals surface area contributed by atoms with Crippen molar-refractivity contribution in [1.82, 2.24) is 4.57 Å². The zero-order valence-corrected chi connectivity index (χ0v) is 18.0. The Kier molecular flexibility index (Phi) is 7.82. The molecule has 30 heavy (non-hydrogen) atoms. The van der Waals surface area contributed by atoms with Gasteiger partial charge in [-0.15, -0.1) is 0 Å². The SMILES string of the molecule is CCCn1c(C)cc(/C=C(\C#N)C(=O)O[C@@H](C)C(=O)Nc2cccc(OC)c2)c1C. The Morgan fingerprint density at radius 3 is 2.67 bits per heavy atom. The van der Waals surface area contributed by atoms with Crippen molar-refractivity contribution >= 4 is 23.6 Å². The molecule has 7 heteroatoms. The van der Waals surface area contributed by atoms with E-state index in [-0.39, 0.29) is 5.57 Å². The van der Waals surface area contributed by atoms with Crippen molar-refractivity contribution in [2.45, 2.75) is 46.8 Å². The van der Waals surface area contributed by atoms with Crippen LogP contribution in [0.3, 0.4) is 0 Å². The Morgan fingerprint density at radius 1 is 1.30 bits per heavy atom. The molecule has 0 aliphatic carbocycles. The predicted molar refractivity (Wildman–Crippen MR) is 115 cm³/mol. The number of carbonyl (C=O) groups excluding carboxylic acids is 2. The third-order valence-corrected chi connectivity index (χ3v) is 4.69. The van der Waals surface area contributed by atoms with E-state index in [2.05, 4.69) is 16.8 Å². The molecule has 2 aromatic rings. The monoisotopic (exact) mass is 409 g/mol. The predicted octanol–water partition coefficient (Wildman–Crippen LogP) is 4.00. The van der Waals surface area contributed by atoms with Crippen LogP contribution in [0.25, 0.3) is 6.08 Å². The van der Waals surface area contributed by atoms with Gasteiger partial charge in [0, 0.05) is 29.7 Å². The van der Waals surface area contributed by atoms with Gasteiger partial charge in [0.05, 0.1) is 7.11 Å². The van der Waals surface area contributed by atoms with Gasteiger partial charge in [-0.2, -0.15) is 5.26 Å². The van der Waals surface area contributed by atoms with Crippen molar-refractivity contribution in [3.8, 4) is 11.8 Å². The molecule has 0 radical (unpaired) electrons. The van der Waals surface area contributed by atoms with E-state index in [1.54, 1.807) is 24.3 Å². The maximum absolute atomic E-state index is 12.5. The number of carbonyl (C=O) groups is 2. The highest BCUT2D eigenvalue weighted by Gasteiger charge is 2.21. The summed E-state index contributed by atoms with van der Waals surface area (Å²) in [6, 6.07) is 10.6. The number of rotatable bonds is 8. The topological polar surface area (TPSA) is 93.4 Å². The Balaban J connectivity index is 2.10. The molecule has 7 nitrogen and oxygen atoms in total. The molecule has 0 fully saturated rings. The maximum Gasteiger partial charge on any atom is 0.349 e. The number of nitrogens with one attached hydrogen (secondary N) is 1. The largest absolute Gasteiger partial charge is 0.497 e. The molecule has 1 heterocycles. The molecule has 0 saturated carbocycles. The standard InChI is InChI=1S/C23H27N3O4/c1-6-10-26-15(2)11-18(16(26)3)12-19(14-24)23(28)30-17(4)22(27)25-20-8-7-9-21(13-20)29-5/h7-9,11-13,17H,6,10H2,1-5H3,(H,25,27)/b19-12+/t17-/m0/s1. The Hall–Kier alpha value is -3.53. The van der Waals surface area contributed by atoms with Gasteiger partial charge < -0.3 is 19.4 Å². The van der Waals surface area contributed by atoms with E-state index in [0.717, 1.165) is 29.9 Å². The Labute approximate surface area is 176 Å². The average molecular weight is 409 g/mol. The van der Waals surface area contributed by atoms with Gasteiger partial charge in [0.15, 0.2) is 6.10 Å². The molecular formula is C23H27N3O4. The first kappa shape index (κ1) is 22.8. The number of methoxy groups -OCH3 is 1. The number of hydrogen-bond donors (Lipinski definition) is 1. The lowest BCUT2D eigenvalue weighted by atomic mass is 10.1. The summed E-state index contributed by atoms with van der Waals surface area (Å²) in [7, 11) is 1.53. The van der Waals surface area contributed by atoms with Crippen molar-refractivity contribution in [2.75, 3.05) is 12.4 Å². The van der Waals surface area contributed by atoms with E-state index in [0.29, 0.717) is 11.4 Å². The summed E-state index contributed by atoms with van der Waals surface area (Å²) in [6.45, 7) is 8.33. The van der Waals surface area contributed by atoms with Crippen LogP contribution >= 0.6 is 0 Å². The molecular weight excluding hydrogens is 382 g/mol. The second-order valence-corrected chi connectivity index (χ2v) is 6.92. The summed E-state index contributed by atoms with van der Waals surface area (Å²) in [5, 5.41) is 12.1. The van der Waals surface area contributed by atoms with Crippen LogP contribution in [0.5, 0.6) is 5.75 Å². The number of nitriles is 1. The molecule has 1 aromatic carbocycles. The molecule has 1 atom stereocenters. The van der Waals surface area contributed by atoms with E-state index in [4.69, 9.17) is 9.47 Å². The van der Waals surface area contributed by atoms with Gasteiger partial charge in [-0.1, -0.05) is 13.0 Å². The van der Waals surface area contributed by atoms with Crippen LogP contribution < -0.4 is 10.1 Å². The highest BCUT2D eigenvalue weighted by atomic mass is 16.5. The highest BCUT2D eigenvalue weighted by Crippen LogP contribution is 2.20. The van der Waals surface area contributed by atoms with Crippen LogP contribution in [0.2, 0.25) is 0 Å². The number of ether oxygens (including phenoxy) is 2. The number of aromatic nitrogens is 1. The summed E-state index contributed by atoms with van der Waals surface area (Å²) in [6.07, 6.45) is 1.41. The first-order valence-electron chi connectivity index (χ1n) is 9.75. The van der Waals surface area contributed by atoms with Crippen LogP contribution in [0.4, 0.5) is 5.69 Å². The van der Waals surface area contributed by atoms with E-state index in [1.807, 2.05) is 26.0 Å². The van der Waals surface area contributed by atoms with Crippen LogP contribution in [-0.2, 0) is 20.9 Å². The van der Waals surface area contributed by atoms with Gasteiger partial charge in [0.2, 0.25) is 0 Å². The minimum absolute atomic E-state index is 0.159. The Bertz CT molecular complexity index is 998. The van der Waals surface area contributed by atoms with E-state index >= 15 is 0 Å². The number of nitrogens with zero attached hydrogens (tertiary/aromatic N) is 2. The smallest absolute Gasteiger partial charge is 0.349 e. The minimum atomic E-state index is -1.08. The van der Waals surface area contributed by atoms with Crippen molar-refractivity contribution in [1.29, 1.82) is 5.26 Å². The minimum Gasteiger partial charge on any atom is -0.497 e. The lowest BCUT2D eigenvalue weighted by Crippen LogP contribution is -2.30. The number of hydrogen-bond acceptors (Lipinski definition) is 5. The number of amides is 1. The molecule has 1 aromatic heterocycles. The molecule has 0 aliphatic heterocycles. The van der Waals surface area contributed by atoms with Crippen LogP contribution in [0.15, 0.2) is 35.9 Å². The zero-order valence-electron chi connectivity index (χ0n) is 18.0. The fraction of sp³-hybridized carbons (Fsp3) is 0.348. The van der Waals surface area contributed by atoms with Gasteiger partial charge in [-0.3, -0.25) is 4.79 Å². The van der Waals surface area contributed by atoms with Gasteiger partial charge in [-0.25, -0.2) is 4.79 Å². The van der Waals surface area contributed by atoms with Crippen LogP contribution in [-0.4, -0.2) is 29.7 Å². The fourth-order valence-corrected chi connectivity index (χ4v) is 3.06. The third-order valence-electron chi connectivity index (χ3n) is 4.69. The normalized spacial score (nSPS) is 12.1. The molecule has 0 spiro atoms. The quantitative estimate of drug-likeness (QED) is 0.404. The van der Waals surface area contributed by atoms with Gasteiger partial charge in [-0.05, 0) is 57.0 Å². The van der Waals surface area contributed by atoms with Gasteiger partial charge in [0.25, 0.3) is 5.91 Å². The van der Waals surface area contributed by atoms with E-state index in [9.17, 15) is 14.9 Å². The molecule has 158 valence electrons. The lowest BCUT2D eigenvalue weighted by Gasteiger charge is -2.13. The zero-order chi connectivity index (χ0) is 22.3. The average Bonchev–Trinajstić information content (AvgIpc) is 2.99. The third kappa shape index (κ3) is 5.51. The number of esters is 1. The molecule has 2 rings (SSSR count). The summed E-state index contributed by atoms with van der Waals surface area (Å²) < 4.78 is 12.5. The van der Waals surface area contributed by atoms with Crippen molar-refractivity contribution in [3.63, 3.8) is 0 Å². The summed E-state index contributed by atoms with van der Waals surface area (Å²) >= 11 is 0. The van der Waals surface area contributed by atoms with E-state index < -0.39 is 18.0 Å². The Morgan fingerprint density at radius 2 is 2.03 bits per heavy atom. The second-order valence-electron chi connectivity index (χ2n) is 6.92. The fourth-order valence-electron chi connectivity index (χ4n) is 3.06. The number of aryl methyl sites for hydroxylation is 1. The molecule has 1 amide bonds. The maximum atomic E-state index is 12.5. The lowest BCUT2D eigenvalue weighted by molar-refractivity contribution is -0.148. The molecule has 0 bridgehead atoms. The number of benzene rings is 1. The van der Waals surface area contributed by atoms with Crippen LogP contribution in [0.1, 0.15) is 37.2 Å². The molecule has 0 saturated heterocycles. The first-order valence-corrected chi connectivity index (χ1v) is 9.75. The molecule has 1 N–H and O–H groups in total. The molecule has 0 unspecified atom stereocenters. The second kappa shape index (κ2) is 10.3. The number of anilines is 1.